The lowest BCUT2D eigenvalue weighted by atomic mass is 9.95. The lowest BCUT2D eigenvalue weighted by molar-refractivity contribution is -0.148. The van der Waals surface area contributed by atoms with Gasteiger partial charge in [-0.1, -0.05) is 6.92 Å². The van der Waals surface area contributed by atoms with E-state index in [1.807, 2.05) is 19.0 Å². The summed E-state index contributed by atoms with van der Waals surface area (Å²) in [6.45, 7) is 2.08. The topological polar surface area (TPSA) is 40.5 Å². The van der Waals surface area contributed by atoms with Crippen LogP contribution in [0.25, 0.3) is 0 Å². The maximum atomic E-state index is 11.1. The van der Waals surface area contributed by atoms with Crippen molar-refractivity contribution >= 4 is 17.7 Å². The zero-order valence-electron chi connectivity index (χ0n) is 7.70. The van der Waals surface area contributed by atoms with E-state index in [0.29, 0.717) is 11.0 Å². The van der Waals surface area contributed by atoms with Crippen LogP contribution in [0.3, 0.4) is 0 Å². The second-order valence-electron chi connectivity index (χ2n) is 3.56. The minimum atomic E-state index is -0.690. The monoisotopic (exact) mass is 189 g/mol. The first-order valence-electron chi connectivity index (χ1n) is 4.01. The number of carbonyl (C=O) groups is 1. The Hall–Kier alpha value is -0.220. The summed E-state index contributed by atoms with van der Waals surface area (Å²) in [6.07, 6.45) is 0.750. The Kier molecular flexibility index (Phi) is 2.68. The molecule has 0 saturated carbocycles. The Morgan fingerprint density at radius 2 is 2.25 bits per heavy atom. The summed E-state index contributed by atoms with van der Waals surface area (Å²) in [5.74, 6) is 0.0144. The van der Waals surface area contributed by atoms with Gasteiger partial charge in [0.05, 0.1) is 0 Å². The molecule has 2 unspecified atom stereocenters. The van der Waals surface area contributed by atoms with E-state index in [4.69, 9.17) is 5.11 Å². The molecule has 12 heavy (non-hydrogen) atoms. The van der Waals surface area contributed by atoms with Crippen LogP contribution in [0, 0.1) is 0 Å². The van der Waals surface area contributed by atoms with E-state index in [2.05, 4.69) is 6.92 Å². The van der Waals surface area contributed by atoms with Crippen molar-refractivity contribution < 1.29 is 9.90 Å². The van der Waals surface area contributed by atoms with Crippen molar-refractivity contribution in [3.8, 4) is 0 Å². The van der Waals surface area contributed by atoms with Crippen molar-refractivity contribution in [3.05, 3.63) is 0 Å². The molecule has 70 valence electrons. The number of rotatable bonds is 2. The summed E-state index contributed by atoms with van der Waals surface area (Å²) in [7, 11) is 3.68. The second-order valence-corrected chi connectivity index (χ2v) is 4.98. The third-order valence-corrected chi connectivity index (χ3v) is 3.87. The number of thioether (sulfide) groups is 1. The summed E-state index contributed by atoms with van der Waals surface area (Å²) in [5, 5.41) is 9.56. The van der Waals surface area contributed by atoms with Crippen LogP contribution < -0.4 is 0 Å². The number of carboxylic acids is 1. The van der Waals surface area contributed by atoms with Crippen LogP contribution in [0.5, 0.6) is 0 Å². The number of carboxylic acid groups (broad SMARTS) is 1. The normalized spacial score (nSPS) is 35.8. The van der Waals surface area contributed by atoms with Crippen molar-refractivity contribution in [2.45, 2.75) is 24.1 Å². The van der Waals surface area contributed by atoms with E-state index < -0.39 is 11.5 Å². The van der Waals surface area contributed by atoms with Crippen molar-refractivity contribution in [2.75, 3.05) is 19.8 Å². The summed E-state index contributed by atoms with van der Waals surface area (Å²) < 4.78 is 0. The van der Waals surface area contributed by atoms with Crippen molar-refractivity contribution in [1.29, 1.82) is 0 Å². The van der Waals surface area contributed by atoms with Gasteiger partial charge in [0.25, 0.3) is 0 Å². The molecular formula is C8H15NO2S. The van der Waals surface area contributed by atoms with Crippen LogP contribution in [0.2, 0.25) is 0 Å². The minimum Gasteiger partial charge on any atom is -0.480 e. The molecule has 0 spiro atoms. The Balaban J connectivity index is 2.82. The fraction of sp³-hybridized carbons (Fsp3) is 0.875. The van der Waals surface area contributed by atoms with Gasteiger partial charge in [0.15, 0.2) is 0 Å². The summed E-state index contributed by atoms with van der Waals surface area (Å²) >= 11 is 1.74. The first-order chi connectivity index (χ1) is 5.49. The van der Waals surface area contributed by atoms with E-state index in [1.165, 1.54) is 0 Å². The number of nitrogens with zero attached hydrogens (tertiary/aromatic N) is 1. The zero-order valence-corrected chi connectivity index (χ0v) is 8.52. The van der Waals surface area contributed by atoms with Gasteiger partial charge in [-0.2, -0.15) is 11.8 Å². The largest absolute Gasteiger partial charge is 0.480 e. The average molecular weight is 189 g/mol. The third kappa shape index (κ3) is 1.45. The molecule has 2 atom stereocenters. The van der Waals surface area contributed by atoms with Crippen LogP contribution in [-0.4, -0.2) is 46.6 Å². The van der Waals surface area contributed by atoms with Crippen LogP contribution in [0.4, 0.5) is 0 Å². The number of likely N-dealkylation sites (N-methyl/N-ethyl adjacent to an activating group) is 1. The molecule has 1 heterocycles. The van der Waals surface area contributed by atoms with Gasteiger partial charge in [-0.05, 0) is 20.5 Å². The third-order valence-electron chi connectivity index (χ3n) is 2.49. The standard InChI is InChI=1S/C8H15NO2S/c1-6-4-8(5-12-6,7(10)11)9(2)3/h6H,4-5H2,1-3H3,(H,10,11). The second kappa shape index (κ2) is 3.26. The summed E-state index contributed by atoms with van der Waals surface area (Å²) in [5.41, 5.74) is -0.621. The van der Waals surface area contributed by atoms with Gasteiger partial charge in [-0.25, -0.2) is 0 Å². The SMILES string of the molecule is CC1CC(C(=O)O)(N(C)C)CS1. The van der Waals surface area contributed by atoms with Gasteiger partial charge in [-0.15, -0.1) is 0 Å². The highest BCUT2D eigenvalue weighted by molar-refractivity contribution is 8.00. The predicted molar refractivity (Wildman–Crippen MR) is 50.6 cm³/mol. The van der Waals surface area contributed by atoms with E-state index in [-0.39, 0.29) is 0 Å². The van der Waals surface area contributed by atoms with Crippen LogP contribution in [0.1, 0.15) is 13.3 Å². The van der Waals surface area contributed by atoms with Crippen molar-refractivity contribution in [2.24, 2.45) is 0 Å². The summed E-state index contributed by atoms with van der Waals surface area (Å²) in [4.78, 5) is 12.9. The van der Waals surface area contributed by atoms with Gasteiger partial charge >= 0.3 is 5.97 Å². The lowest BCUT2D eigenvalue weighted by Crippen LogP contribution is -2.51. The quantitative estimate of drug-likeness (QED) is 0.700. The Morgan fingerprint density at radius 1 is 1.67 bits per heavy atom. The van der Waals surface area contributed by atoms with Gasteiger partial charge in [0.2, 0.25) is 0 Å². The van der Waals surface area contributed by atoms with E-state index in [9.17, 15) is 4.79 Å². The average Bonchev–Trinajstić information content (AvgIpc) is 2.32. The molecule has 0 aliphatic carbocycles. The summed E-state index contributed by atoms with van der Waals surface area (Å²) in [6, 6.07) is 0. The molecule has 1 saturated heterocycles. The Labute approximate surface area is 77.1 Å². The highest BCUT2D eigenvalue weighted by Gasteiger charge is 2.46. The van der Waals surface area contributed by atoms with Gasteiger partial charge in [0, 0.05) is 11.0 Å². The highest BCUT2D eigenvalue weighted by atomic mass is 32.2. The van der Waals surface area contributed by atoms with Gasteiger partial charge < -0.3 is 5.11 Å². The van der Waals surface area contributed by atoms with E-state index in [1.54, 1.807) is 11.8 Å². The molecule has 1 N–H and O–H groups in total. The molecule has 0 radical (unpaired) electrons. The number of hydrogen-bond donors (Lipinski definition) is 1. The molecule has 4 heteroatoms. The molecule has 1 aliphatic rings. The maximum Gasteiger partial charge on any atom is 0.325 e. The molecule has 0 bridgehead atoms. The Bertz CT molecular complexity index is 195. The smallest absolute Gasteiger partial charge is 0.325 e. The number of hydrogen-bond acceptors (Lipinski definition) is 3. The zero-order chi connectivity index (χ0) is 9.35. The van der Waals surface area contributed by atoms with Crippen molar-refractivity contribution in [1.82, 2.24) is 4.90 Å². The molecule has 0 aromatic carbocycles. The highest BCUT2D eigenvalue weighted by Crippen LogP contribution is 2.37. The molecule has 0 amide bonds. The molecular weight excluding hydrogens is 174 g/mol. The Morgan fingerprint density at radius 3 is 2.42 bits per heavy atom. The molecule has 0 aromatic rings. The molecule has 1 fully saturated rings. The first kappa shape index (κ1) is 9.86. The maximum absolute atomic E-state index is 11.1. The lowest BCUT2D eigenvalue weighted by Gasteiger charge is -2.30. The fourth-order valence-electron chi connectivity index (χ4n) is 1.53. The fourth-order valence-corrected chi connectivity index (χ4v) is 2.98. The van der Waals surface area contributed by atoms with Crippen molar-refractivity contribution in [3.63, 3.8) is 0 Å². The van der Waals surface area contributed by atoms with Crippen LogP contribution in [-0.2, 0) is 4.79 Å². The number of aliphatic carboxylic acids is 1. The van der Waals surface area contributed by atoms with E-state index in [0.717, 1.165) is 6.42 Å². The minimum absolute atomic E-state index is 0.462. The molecule has 1 rings (SSSR count). The molecule has 1 aliphatic heterocycles. The van der Waals surface area contributed by atoms with E-state index >= 15 is 0 Å². The van der Waals surface area contributed by atoms with Crippen LogP contribution in [0.15, 0.2) is 0 Å². The van der Waals surface area contributed by atoms with Crippen LogP contribution >= 0.6 is 11.8 Å². The first-order valence-corrected chi connectivity index (χ1v) is 5.06. The van der Waals surface area contributed by atoms with Gasteiger partial charge in [0.1, 0.15) is 5.54 Å². The molecule has 3 nitrogen and oxygen atoms in total. The van der Waals surface area contributed by atoms with Gasteiger partial charge in [-0.3, -0.25) is 9.69 Å². The predicted octanol–water partition coefficient (Wildman–Crippen LogP) is 0.897. The molecule has 0 aromatic heterocycles.